The molecule has 2 amide bonds. The van der Waals surface area contributed by atoms with Crippen LogP contribution in [0.15, 0.2) is 36.5 Å². The number of para-hydroxylation sites is 1. The Labute approximate surface area is 142 Å². The summed E-state index contributed by atoms with van der Waals surface area (Å²) in [4.78, 5) is 14.6. The second kappa shape index (κ2) is 6.19. The van der Waals surface area contributed by atoms with Crippen LogP contribution in [0.2, 0.25) is 0 Å². The van der Waals surface area contributed by atoms with Crippen LogP contribution in [0.5, 0.6) is 5.75 Å². The van der Waals surface area contributed by atoms with Crippen molar-refractivity contribution in [3.63, 3.8) is 0 Å². The van der Waals surface area contributed by atoms with Crippen LogP contribution < -0.4 is 10.1 Å². The van der Waals surface area contributed by atoms with E-state index >= 15 is 0 Å². The second-order valence-corrected chi connectivity index (χ2v) is 7.12. The zero-order valence-corrected chi connectivity index (χ0v) is 14.6. The number of aromatic nitrogens is 2. The van der Waals surface area contributed by atoms with Crippen LogP contribution in [0.4, 0.5) is 10.6 Å². The van der Waals surface area contributed by atoms with Crippen molar-refractivity contribution in [1.82, 2.24) is 14.7 Å². The number of hydrogen-bond donors (Lipinski definition) is 1. The molecule has 0 radical (unpaired) electrons. The highest BCUT2D eigenvalue weighted by Crippen LogP contribution is 2.26. The number of hydrogen-bond acceptors (Lipinski definition) is 3. The molecule has 1 aliphatic heterocycles. The van der Waals surface area contributed by atoms with E-state index < -0.39 is 0 Å². The Bertz CT molecular complexity index is 733. The zero-order valence-electron chi connectivity index (χ0n) is 14.6. The maximum Gasteiger partial charge on any atom is 0.323 e. The molecule has 0 saturated carbocycles. The van der Waals surface area contributed by atoms with Crippen molar-refractivity contribution in [2.45, 2.75) is 45.8 Å². The molecule has 0 aliphatic carbocycles. The molecule has 3 rings (SSSR count). The highest BCUT2D eigenvalue weighted by atomic mass is 16.5. The summed E-state index contributed by atoms with van der Waals surface area (Å²) in [5.74, 6) is 1.54. The van der Waals surface area contributed by atoms with Gasteiger partial charge < -0.3 is 9.64 Å². The number of carbonyl (C=O) groups excluding carboxylic acids is 1. The summed E-state index contributed by atoms with van der Waals surface area (Å²) in [6, 6.07) is 9.49. The Kier molecular flexibility index (Phi) is 4.22. The van der Waals surface area contributed by atoms with Gasteiger partial charge in [-0.15, -0.1) is 0 Å². The van der Waals surface area contributed by atoms with E-state index in [1.165, 1.54) is 0 Å². The number of rotatable bonds is 1. The van der Waals surface area contributed by atoms with Crippen molar-refractivity contribution in [3.8, 4) is 5.75 Å². The predicted octanol–water partition coefficient (Wildman–Crippen LogP) is 3.45. The fraction of sp³-hybridized carbons (Fsp3) is 0.444. The third kappa shape index (κ3) is 3.22. The molecule has 6 nitrogen and oxygen atoms in total. The van der Waals surface area contributed by atoms with Gasteiger partial charge in [-0.3, -0.25) is 5.32 Å². The lowest BCUT2D eigenvalue weighted by atomic mass is 10.1. The lowest BCUT2D eigenvalue weighted by Crippen LogP contribution is -2.43. The number of nitrogens with one attached hydrogen (secondary N) is 1. The topological polar surface area (TPSA) is 59.4 Å². The van der Waals surface area contributed by atoms with E-state index in [-0.39, 0.29) is 17.6 Å². The molecule has 0 bridgehead atoms. The first-order valence-corrected chi connectivity index (χ1v) is 8.19. The van der Waals surface area contributed by atoms with Crippen LogP contribution in [0, 0.1) is 0 Å². The maximum atomic E-state index is 12.8. The third-order valence-electron chi connectivity index (χ3n) is 4.10. The van der Waals surface area contributed by atoms with E-state index in [1.807, 2.05) is 62.7 Å². The van der Waals surface area contributed by atoms with Crippen LogP contribution in [-0.2, 0) is 12.1 Å². The number of nitrogens with zero attached hydrogens (tertiary/aromatic N) is 3. The van der Waals surface area contributed by atoms with Crippen molar-refractivity contribution in [2.24, 2.45) is 0 Å². The molecule has 6 heteroatoms. The molecule has 0 saturated heterocycles. The smallest absolute Gasteiger partial charge is 0.323 e. The first kappa shape index (κ1) is 16.4. The summed E-state index contributed by atoms with van der Waals surface area (Å²) < 4.78 is 7.63. The SMILES string of the molecule is CC1COc2ccccc2CN1C(=O)Nc1ccnn1C(C)(C)C. The number of amides is 2. The average Bonchev–Trinajstić information content (AvgIpc) is 2.92. The van der Waals surface area contributed by atoms with E-state index in [4.69, 9.17) is 4.74 Å². The van der Waals surface area contributed by atoms with Gasteiger partial charge >= 0.3 is 6.03 Å². The van der Waals surface area contributed by atoms with E-state index in [1.54, 1.807) is 11.1 Å². The Balaban J connectivity index is 1.81. The molecule has 1 aromatic heterocycles. The van der Waals surface area contributed by atoms with Gasteiger partial charge in [0.2, 0.25) is 0 Å². The maximum absolute atomic E-state index is 12.8. The number of fused-ring (bicyclic) bond motifs is 1. The Hall–Kier alpha value is -2.50. The van der Waals surface area contributed by atoms with Crippen LogP contribution >= 0.6 is 0 Å². The van der Waals surface area contributed by atoms with Crippen molar-refractivity contribution >= 4 is 11.8 Å². The molecule has 1 atom stereocenters. The lowest BCUT2D eigenvalue weighted by molar-refractivity contribution is 0.167. The van der Waals surface area contributed by atoms with Gasteiger partial charge in [-0.2, -0.15) is 5.10 Å². The highest BCUT2D eigenvalue weighted by molar-refractivity contribution is 5.88. The summed E-state index contributed by atoms with van der Waals surface area (Å²) in [6.07, 6.45) is 1.70. The summed E-state index contributed by atoms with van der Waals surface area (Å²) in [5, 5.41) is 7.31. The van der Waals surface area contributed by atoms with Crippen LogP contribution in [0.3, 0.4) is 0 Å². The average molecular weight is 328 g/mol. The number of anilines is 1. The molecular formula is C18H24N4O2. The molecule has 2 heterocycles. The molecular weight excluding hydrogens is 304 g/mol. The first-order valence-electron chi connectivity index (χ1n) is 8.19. The quantitative estimate of drug-likeness (QED) is 0.872. The summed E-state index contributed by atoms with van der Waals surface area (Å²) >= 11 is 0. The largest absolute Gasteiger partial charge is 0.491 e. The Morgan fingerprint density at radius 2 is 2.04 bits per heavy atom. The minimum atomic E-state index is -0.202. The zero-order chi connectivity index (χ0) is 17.3. The van der Waals surface area contributed by atoms with Gasteiger partial charge in [-0.05, 0) is 33.8 Å². The summed E-state index contributed by atoms with van der Waals surface area (Å²) in [7, 11) is 0. The van der Waals surface area contributed by atoms with Gasteiger partial charge in [0.25, 0.3) is 0 Å². The molecule has 24 heavy (non-hydrogen) atoms. The fourth-order valence-corrected chi connectivity index (χ4v) is 2.80. The molecule has 2 aromatic rings. The van der Waals surface area contributed by atoms with Gasteiger partial charge in [0.05, 0.1) is 24.3 Å². The third-order valence-corrected chi connectivity index (χ3v) is 4.10. The van der Waals surface area contributed by atoms with Crippen LogP contribution in [0.25, 0.3) is 0 Å². The first-order chi connectivity index (χ1) is 11.4. The van der Waals surface area contributed by atoms with Gasteiger partial charge in [0, 0.05) is 11.6 Å². The van der Waals surface area contributed by atoms with Gasteiger partial charge in [0.1, 0.15) is 18.2 Å². The lowest BCUT2D eigenvalue weighted by Gasteiger charge is -2.28. The van der Waals surface area contributed by atoms with Crippen molar-refractivity contribution < 1.29 is 9.53 Å². The number of ether oxygens (including phenoxy) is 1. The van der Waals surface area contributed by atoms with E-state index in [9.17, 15) is 4.79 Å². The van der Waals surface area contributed by atoms with E-state index in [0.29, 0.717) is 19.0 Å². The standard InChI is InChI=1S/C18H24N4O2/c1-13-12-24-15-8-6-5-7-14(15)11-21(13)17(23)20-16-9-10-19-22(16)18(2,3)4/h5-10,13H,11-12H2,1-4H3,(H,20,23). The van der Waals surface area contributed by atoms with Gasteiger partial charge in [0.15, 0.2) is 0 Å². The number of benzene rings is 1. The van der Waals surface area contributed by atoms with E-state index in [2.05, 4.69) is 10.4 Å². The van der Waals surface area contributed by atoms with Crippen molar-refractivity contribution in [1.29, 1.82) is 0 Å². The molecule has 1 aliphatic rings. The summed E-state index contributed by atoms with van der Waals surface area (Å²) in [6.45, 7) is 9.14. The normalized spacial score (nSPS) is 17.7. The summed E-state index contributed by atoms with van der Waals surface area (Å²) in [5.41, 5.74) is 0.813. The minimum absolute atomic E-state index is 0.0246. The minimum Gasteiger partial charge on any atom is -0.491 e. The highest BCUT2D eigenvalue weighted by Gasteiger charge is 2.27. The molecule has 1 unspecified atom stereocenters. The molecule has 128 valence electrons. The molecule has 0 spiro atoms. The van der Waals surface area contributed by atoms with Crippen LogP contribution in [-0.4, -0.2) is 33.4 Å². The van der Waals surface area contributed by atoms with Crippen molar-refractivity contribution in [3.05, 3.63) is 42.1 Å². The van der Waals surface area contributed by atoms with Crippen LogP contribution in [0.1, 0.15) is 33.3 Å². The van der Waals surface area contributed by atoms with Gasteiger partial charge in [-0.1, -0.05) is 18.2 Å². The van der Waals surface area contributed by atoms with E-state index in [0.717, 1.165) is 11.3 Å². The van der Waals surface area contributed by atoms with Gasteiger partial charge in [-0.25, -0.2) is 9.48 Å². The fourth-order valence-electron chi connectivity index (χ4n) is 2.80. The monoisotopic (exact) mass is 328 g/mol. The van der Waals surface area contributed by atoms with Crippen molar-refractivity contribution in [2.75, 3.05) is 11.9 Å². The Morgan fingerprint density at radius 1 is 1.29 bits per heavy atom. The molecule has 1 N–H and O–H groups in total. The molecule has 1 aromatic carbocycles. The number of carbonyl (C=O) groups is 1. The molecule has 0 fully saturated rings. The Morgan fingerprint density at radius 3 is 2.79 bits per heavy atom. The number of urea groups is 1. The second-order valence-electron chi connectivity index (χ2n) is 7.12. The predicted molar refractivity (Wildman–Crippen MR) is 93.2 cm³/mol.